The summed E-state index contributed by atoms with van der Waals surface area (Å²) in [5, 5.41) is 0. The van der Waals surface area contributed by atoms with Gasteiger partial charge in [-0.05, 0) is 44.5 Å². The molecule has 2 N–H and O–H groups in total. The van der Waals surface area contributed by atoms with E-state index in [0.717, 1.165) is 37.9 Å². The maximum atomic E-state index is 12.3. The van der Waals surface area contributed by atoms with E-state index in [9.17, 15) is 4.79 Å². The van der Waals surface area contributed by atoms with Gasteiger partial charge in [0, 0.05) is 5.69 Å². The Hall–Kier alpha value is -1.55. The number of aryl methyl sites for hydroxylation is 1. The molecule has 0 bridgehead atoms. The molecule has 0 amide bonds. The summed E-state index contributed by atoms with van der Waals surface area (Å²) in [5.41, 5.74) is 8.19. The Bertz CT molecular complexity index is 456. The molecule has 0 aliphatic carbocycles. The monoisotopic (exact) mass is 292 g/mol. The molecular weight excluding hydrogens is 264 g/mol. The van der Waals surface area contributed by atoms with Gasteiger partial charge in [-0.1, -0.05) is 39.3 Å². The van der Waals surface area contributed by atoms with E-state index >= 15 is 0 Å². The summed E-state index contributed by atoms with van der Waals surface area (Å²) in [6.07, 6.45) is 2.83. The molecule has 1 aromatic rings. The van der Waals surface area contributed by atoms with Gasteiger partial charge in [-0.2, -0.15) is 0 Å². The van der Waals surface area contributed by atoms with Crippen LogP contribution in [0.3, 0.4) is 0 Å². The number of carbonyl (C=O) groups excluding carboxylic acids is 1. The highest BCUT2D eigenvalue weighted by Crippen LogP contribution is 2.21. The first-order valence-corrected chi connectivity index (χ1v) is 7.87. The number of anilines is 1. The minimum absolute atomic E-state index is 0.244. The Labute approximate surface area is 128 Å². The van der Waals surface area contributed by atoms with Gasteiger partial charge in [0.25, 0.3) is 0 Å². The van der Waals surface area contributed by atoms with Gasteiger partial charge in [0.1, 0.15) is 0 Å². The molecule has 0 aliphatic rings. The molecule has 1 atom stereocenters. The average Bonchev–Trinajstić information content (AvgIpc) is 2.47. The topological polar surface area (TPSA) is 55.6 Å². The summed E-state index contributed by atoms with van der Waals surface area (Å²) >= 11 is 0. The van der Waals surface area contributed by atoms with Crippen molar-refractivity contribution in [2.45, 2.75) is 53.2 Å². The number of benzene rings is 1. The molecule has 4 heteroatoms. The number of rotatable bonds is 8. The molecule has 0 saturated carbocycles. The van der Waals surface area contributed by atoms with Crippen LogP contribution in [0.2, 0.25) is 0 Å². The van der Waals surface area contributed by atoms with Crippen LogP contribution in [0.5, 0.6) is 0 Å². The molecule has 0 spiro atoms. The van der Waals surface area contributed by atoms with E-state index in [0.29, 0.717) is 11.3 Å². The summed E-state index contributed by atoms with van der Waals surface area (Å²) in [7, 11) is 0. The molecule has 0 saturated heterocycles. The van der Waals surface area contributed by atoms with Gasteiger partial charge in [0.05, 0.1) is 5.56 Å². The van der Waals surface area contributed by atoms with Crippen LogP contribution < -0.4 is 5.73 Å². The van der Waals surface area contributed by atoms with Crippen molar-refractivity contribution in [2.24, 2.45) is 0 Å². The zero-order valence-corrected chi connectivity index (χ0v) is 13.7. The van der Waals surface area contributed by atoms with Crippen molar-refractivity contribution in [3.63, 3.8) is 0 Å². The average molecular weight is 292 g/mol. The molecular formula is C17H28N2O2. The van der Waals surface area contributed by atoms with E-state index in [-0.39, 0.29) is 12.2 Å². The number of nitrogen functional groups attached to an aromatic ring is 1. The van der Waals surface area contributed by atoms with Crippen molar-refractivity contribution in [1.29, 1.82) is 0 Å². The fourth-order valence-corrected chi connectivity index (χ4v) is 2.41. The van der Waals surface area contributed by atoms with Crippen molar-refractivity contribution in [2.75, 3.05) is 18.8 Å². The predicted molar refractivity (Wildman–Crippen MR) is 87.3 cm³/mol. The second kappa shape index (κ2) is 8.67. The van der Waals surface area contributed by atoms with Crippen molar-refractivity contribution < 1.29 is 9.53 Å². The van der Waals surface area contributed by atoms with Crippen LogP contribution in [-0.2, 0) is 11.2 Å². The molecule has 0 heterocycles. The minimum atomic E-state index is -0.342. The third-order valence-electron chi connectivity index (χ3n) is 3.82. The summed E-state index contributed by atoms with van der Waals surface area (Å²) < 4.78 is 5.53. The first-order valence-electron chi connectivity index (χ1n) is 7.87. The van der Waals surface area contributed by atoms with Crippen molar-refractivity contribution in [3.8, 4) is 0 Å². The summed E-state index contributed by atoms with van der Waals surface area (Å²) in [5.74, 6) is -0.342. The van der Waals surface area contributed by atoms with Crippen LogP contribution in [0.15, 0.2) is 18.2 Å². The number of para-hydroxylation sites is 1. The third-order valence-corrected chi connectivity index (χ3v) is 3.82. The second-order valence-electron chi connectivity index (χ2n) is 5.21. The lowest BCUT2D eigenvalue weighted by atomic mass is 10.0. The largest absolute Gasteiger partial charge is 0.443 e. The van der Waals surface area contributed by atoms with Gasteiger partial charge in [0.2, 0.25) is 0 Å². The van der Waals surface area contributed by atoms with Gasteiger partial charge < -0.3 is 10.5 Å². The fourth-order valence-electron chi connectivity index (χ4n) is 2.41. The van der Waals surface area contributed by atoms with E-state index in [4.69, 9.17) is 10.5 Å². The van der Waals surface area contributed by atoms with Crippen LogP contribution in [-0.4, -0.2) is 30.2 Å². The summed E-state index contributed by atoms with van der Waals surface area (Å²) in [6, 6.07) is 5.59. The molecule has 4 nitrogen and oxygen atoms in total. The number of hydrogen-bond acceptors (Lipinski definition) is 4. The van der Waals surface area contributed by atoms with Crippen molar-refractivity contribution >= 4 is 11.7 Å². The highest BCUT2D eigenvalue weighted by Gasteiger charge is 2.19. The number of hydrogen-bond donors (Lipinski definition) is 1. The van der Waals surface area contributed by atoms with Gasteiger partial charge in [0.15, 0.2) is 6.23 Å². The Morgan fingerprint density at radius 3 is 2.52 bits per heavy atom. The first kappa shape index (κ1) is 17.5. The molecule has 1 rings (SSSR count). The van der Waals surface area contributed by atoms with Crippen molar-refractivity contribution in [3.05, 3.63) is 29.3 Å². The highest BCUT2D eigenvalue weighted by atomic mass is 16.6. The predicted octanol–water partition coefficient (Wildman–Crippen LogP) is 3.46. The number of nitrogens with zero attached hydrogens (tertiary/aromatic N) is 1. The first-order chi connectivity index (χ1) is 10.0. The van der Waals surface area contributed by atoms with Crippen LogP contribution >= 0.6 is 0 Å². The molecule has 0 radical (unpaired) electrons. The Morgan fingerprint density at radius 2 is 1.95 bits per heavy atom. The summed E-state index contributed by atoms with van der Waals surface area (Å²) in [4.78, 5) is 14.4. The maximum Gasteiger partial charge on any atom is 0.341 e. The number of unbranched alkanes of at least 4 members (excludes halogenated alkanes) is 1. The second-order valence-corrected chi connectivity index (χ2v) is 5.21. The van der Waals surface area contributed by atoms with Gasteiger partial charge in [-0.25, -0.2) is 4.79 Å². The van der Waals surface area contributed by atoms with Gasteiger partial charge >= 0.3 is 5.97 Å². The zero-order chi connectivity index (χ0) is 15.8. The van der Waals surface area contributed by atoms with E-state index in [2.05, 4.69) is 11.8 Å². The van der Waals surface area contributed by atoms with Crippen molar-refractivity contribution in [1.82, 2.24) is 4.90 Å². The minimum Gasteiger partial charge on any atom is -0.443 e. The summed E-state index contributed by atoms with van der Waals surface area (Å²) in [6.45, 7) is 9.82. The van der Waals surface area contributed by atoms with E-state index in [1.165, 1.54) is 0 Å². The lowest BCUT2D eigenvalue weighted by Crippen LogP contribution is -2.36. The number of carbonyl (C=O) groups is 1. The van der Waals surface area contributed by atoms with Gasteiger partial charge in [-0.3, -0.25) is 4.90 Å². The maximum absolute atomic E-state index is 12.3. The molecule has 118 valence electrons. The van der Waals surface area contributed by atoms with E-state index in [1.54, 1.807) is 6.07 Å². The van der Waals surface area contributed by atoms with E-state index in [1.807, 2.05) is 32.9 Å². The zero-order valence-electron chi connectivity index (χ0n) is 13.7. The Morgan fingerprint density at radius 1 is 1.29 bits per heavy atom. The lowest BCUT2D eigenvalue weighted by molar-refractivity contribution is -0.0196. The standard InChI is InChI=1S/C17H28N2O2/c1-5-8-10-14-11-9-12-15(16(14)18)17(20)21-13(4)19(6-2)7-3/h9,11-13H,5-8,10,18H2,1-4H3. The Balaban J connectivity index is 2.82. The van der Waals surface area contributed by atoms with Gasteiger partial charge in [-0.15, -0.1) is 0 Å². The molecule has 21 heavy (non-hydrogen) atoms. The smallest absolute Gasteiger partial charge is 0.341 e. The lowest BCUT2D eigenvalue weighted by Gasteiger charge is -2.26. The normalized spacial score (nSPS) is 12.4. The number of ether oxygens (including phenoxy) is 1. The molecule has 0 fully saturated rings. The Kier molecular flexibility index (Phi) is 7.23. The number of esters is 1. The number of nitrogens with two attached hydrogens (primary N) is 1. The fraction of sp³-hybridized carbons (Fsp3) is 0.588. The third kappa shape index (κ3) is 4.74. The molecule has 1 unspecified atom stereocenters. The molecule has 0 aliphatic heterocycles. The quantitative estimate of drug-likeness (QED) is 0.453. The van der Waals surface area contributed by atoms with Crippen LogP contribution in [0, 0.1) is 0 Å². The van der Waals surface area contributed by atoms with Crippen LogP contribution in [0.4, 0.5) is 5.69 Å². The van der Waals surface area contributed by atoms with E-state index < -0.39 is 0 Å². The van der Waals surface area contributed by atoms with Crippen LogP contribution in [0.1, 0.15) is 56.5 Å². The molecule has 1 aromatic carbocycles. The highest BCUT2D eigenvalue weighted by molar-refractivity contribution is 5.95. The SMILES string of the molecule is CCCCc1cccc(C(=O)OC(C)N(CC)CC)c1N. The van der Waals surface area contributed by atoms with Crippen LogP contribution in [0.25, 0.3) is 0 Å². The molecule has 0 aromatic heterocycles.